The standard InChI is InChI=1S/C15H25FN2O2S/c1-5-14(11(3)4)18-21(19,20)15-8-7-12(9-13(15)16)10-17-6-2/h7-9,11,14,17-18H,5-6,10H2,1-4H3. The van der Waals surface area contributed by atoms with Gasteiger partial charge in [0, 0.05) is 12.6 Å². The van der Waals surface area contributed by atoms with Crippen molar-refractivity contribution in [2.24, 2.45) is 5.92 Å². The SMILES string of the molecule is CCNCc1ccc(S(=O)(=O)NC(CC)C(C)C)c(F)c1. The fourth-order valence-corrected chi connectivity index (χ4v) is 3.62. The summed E-state index contributed by atoms with van der Waals surface area (Å²) < 4.78 is 41.2. The number of sulfonamides is 1. The highest BCUT2D eigenvalue weighted by molar-refractivity contribution is 7.89. The summed E-state index contributed by atoms with van der Waals surface area (Å²) in [4.78, 5) is -0.290. The number of benzene rings is 1. The van der Waals surface area contributed by atoms with Gasteiger partial charge in [0.25, 0.3) is 0 Å². The van der Waals surface area contributed by atoms with Crippen LogP contribution in [0.3, 0.4) is 0 Å². The van der Waals surface area contributed by atoms with Crippen molar-refractivity contribution in [2.75, 3.05) is 6.54 Å². The molecule has 0 saturated carbocycles. The van der Waals surface area contributed by atoms with Gasteiger partial charge in [0.1, 0.15) is 10.7 Å². The molecule has 0 saturated heterocycles. The van der Waals surface area contributed by atoms with Crippen molar-refractivity contribution in [3.05, 3.63) is 29.6 Å². The minimum atomic E-state index is -3.83. The van der Waals surface area contributed by atoms with Crippen molar-refractivity contribution in [3.63, 3.8) is 0 Å². The van der Waals surface area contributed by atoms with E-state index in [1.54, 1.807) is 6.07 Å². The molecule has 1 atom stereocenters. The average Bonchev–Trinajstić information content (AvgIpc) is 2.42. The quantitative estimate of drug-likeness (QED) is 0.775. The van der Waals surface area contributed by atoms with Crippen LogP contribution in [0.2, 0.25) is 0 Å². The third-order valence-corrected chi connectivity index (χ3v) is 4.94. The second-order valence-electron chi connectivity index (χ2n) is 5.43. The van der Waals surface area contributed by atoms with E-state index in [4.69, 9.17) is 0 Å². The first-order chi connectivity index (χ1) is 9.81. The number of rotatable bonds is 8. The molecule has 120 valence electrons. The Labute approximate surface area is 127 Å². The molecule has 1 aromatic rings. The van der Waals surface area contributed by atoms with E-state index in [9.17, 15) is 12.8 Å². The van der Waals surface area contributed by atoms with Gasteiger partial charge in [0.15, 0.2) is 0 Å². The van der Waals surface area contributed by atoms with Crippen LogP contribution in [0.15, 0.2) is 23.1 Å². The van der Waals surface area contributed by atoms with Gasteiger partial charge in [-0.2, -0.15) is 0 Å². The second-order valence-corrected chi connectivity index (χ2v) is 7.11. The second kappa shape index (κ2) is 7.87. The van der Waals surface area contributed by atoms with Crippen LogP contribution in [0.25, 0.3) is 0 Å². The van der Waals surface area contributed by atoms with Crippen molar-refractivity contribution in [2.45, 2.75) is 51.6 Å². The molecule has 0 spiro atoms. The highest BCUT2D eigenvalue weighted by atomic mass is 32.2. The summed E-state index contributed by atoms with van der Waals surface area (Å²) in [5.41, 5.74) is 0.726. The van der Waals surface area contributed by atoms with Crippen LogP contribution in [0.1, 0.15) is 39.7 Å². The van der Waals surface area contributed by atoms with Crippen molar-refractivity contribution < 1.29 is 12.8 Å². The summed E-state index contributed by atoms with van der Waals surface area (Å²) in [7, 11) is -3.83. The van der Waals surface area contributed by atoms with Gasteiger partial charge in [-0.05, 0) is 36.6 Å². The maximum atomic E-state index is 14.1. The van der Waals surface area contributed by atoms with Crippen LogP contribution in [0.5, 0.6) is 0 Å². The Morgan fingerprint density at radius 1 is 1.24 bits per heavy atom. The van der Waals surface area contributed by atoms with Gasteiger partial charge < -0.3 is 5.32 Å². The molecular weight excluding hydrogens is 291 g/mol. The van der Waals surface area contributed by atoms with E-state index in [0.717, 1.165) is 12.1 Å². The van der Waals surface area contributed by atoms with E-state index in [0.29, 0.717) is 13.0 Å². The fourth-order valence-electron chi connectivity index (χ4n) is 2.10. The third-order valence-electron chi connectivity index (χ3n) is 3.42. The Morgan fingerprint density at radius 2 is 1.90 bits per heavy atom. The van der Waals surface area contributed by atoms with Gasteiger partial charge in [0.05, 0.1) is 0 Å². The molecule has 0 amide bonds. The zero-order valence-corrected chi connectivity index (χ0v) is 13.9. The van der Waals surface area contributed by atoms with E-state index >= 15 is 0 Å². The van der Waals surface area contributed by atoms with Crippen LogP contribution in [0.4, 0.5) is 4.39 Å². The summed E-state index contributed by atoms with van der Waals surface area (Å²) in [5, 5.41) is 3.07. The van der Waals surface area contributed by atoms with Crippen molar-refractivity contribution >= 4 is 10.0 Å². The molecular formula is C15H25FN2O2S. The molecule has 1 aromatic carbocycles. The van der Waals surface area contributed by atoms with Gasteiger partial charge in [-0.1, -0.05) is 33.8 Å². The summed E-state index contributed by atoms with van der Waals surface area (Å²) in [6.45, 7) is 9.03. The summed E-state index contributed by atoms with van der Waals surface area (Å²) in [5.74, 6) is -0.558. The Morgan fingerprint density at radius 3 is 2.38 bits per heavy atom. The van der Waals surface area contributed by atoms with Crippen molar-refractivity contribution in [3.8, 4) is 0 Å². The minimum Gasteiger partial charge on any atom is -0.313 e. The largest absolute Gasteiger partial charge is 0.313 e. The third kappa shape index (κ3) is 5.05. The van der Waals surface area contributed by atoms with E-state index < -0.39 is 15.8 Å². The van der Waals surface area contributed by atoms with Gasteiger partial charge in [-0.15, -0.1) is 0 Å². The van der Waals surface area contributed by atoms with E-state index in [1.807, 2.05) is 27.7 Å². The lowest BCUT2D eigenvalue weighted by molar-refractivity contribution is 0.435. The topological polar surface area (TPSA) is 58.2 Å². The smallest absolute Gasteiger partial charge is 0.243 e. The molecule has 2 N–H and O–H groups in total. The Balaban J connectivity index is 2.98. The maximum absolute atomic E-state index is 14.1. The minimum absolute atomic E-state index is 0.154. The molecule has 0 heterocycles. The lowest BCUT2D eigenvalue weighted by Crippen LogP contribution is -2.38. The van der Waals surface area contributed by atoms with Crippen LogP contribution >= 0.6 is 0 Å². The molecule has 21 heavy (non-hydrogen) atoms. The number of hydrogen-bond acceptors (Lipinski definition) is 3. The Bertz CT molecular complexity index is 559. The monoisotopic (exact) mass is 316 g/mol. The van der Waals surface area contributed by atoms with Gasteiger partial charge in [-0.25, -0.2) is 17.5 Å². The molecule has 0 fully saturated rings. The number of hydrogen-bond donors (Lipinski definition) is 2. The number of nitrogens with one attached hydrogen (secondary N) is 2. The van der Waals surface area contributed by atoms with Crippen LogP contribution < -0.4 is 10.0 Å². The Hall–Kier alpha value is -0.980. The first-order valence-electron chi connectivity index (χ1n) is 7.33. The normalized spacial score (nSPS) is 13.6. The first-order valence-corrected chi connectivity index (χ1v) is 8.81. The fraction of sp³-hybridized carbons (Fsp3) is 0.600. The molecule has 0 aliphatic rings. The summed E-state index contributed by atoms with van der Waals surface area (Å²) in [6.07, 6.45) is 0.664. The molecule has 1 rings (SSSR count). The van der Waals surface area contributed by atoms with Crippen LogP contribution in [0, 0.1) is 11.7 Å². The zero-order chi connectivity index (χ0) is 16.0. The zero-order valence-electron chi connectivity index (χ0n) is 13.1. The van der Waals surface area contributed by atoms with Crippen molar-refractivity contribution in [1.82, 2.24) is 10.0 Å². The lowest BCUT2D eigenvalue weighted by Gasteiger charge is -2.20. The molecule has 0 radical (unpaired) electrons. The van der Waals surface area contributed by atoms with E-state index in [1.165, 1.54) is 12.1 Å². The first kappa shape index (κ1) is 18.1. The van der Waals surface area contributed by atoms with Gasteiger partial charge in [-0.3, -0.25) is 0 Å². The molecule has 0 aliphatic heterocycles. The summed E-state index contributed by atoms with van der Waals surface area (Å²) in [6, 6.07) is 4.04. The molecule has 6 heteroatoms. The average molecular weight is 316 g/mol. The maximum Gasteiger partial charge on any atom is 0.243 e. The lowest BCUT2D eigenvalue weighted by atomic mass is 10.0. The molecule has 4 nitrogen and oxygen atoms in total. The van der Waals surface area contributed by atoms with Gasteiger partial charge >= 0.3 is 0 Å². The van der Waals surface area contributed by atoms with E-state index in [2.05, 4.69) is 10.0 Å². The van der Waals surface area contributed by atoms with E-state index in [-0.39, 0.29) is 16.9 Å². The van der Waals surface area contributed by atoms with Crippen molar-refractivity contribution in [1.29, 1.82) is 0 Å². The molecule has 0 aromatic heterocycles. The predicted molar refractivity (Wildman–Crippen MR) is 83.0 cm³/mol. The summed E-state index contributed by atoms with van der Waals surface area (Å²) >= 11 is 0. The van der Waals surface area contributed by atoms with Crippen LogP contribution in [-0.2, 0) is 16.6 Å². The molecule has 0 bridgehead atoms. The molecule has 1 unspecified atom stereocenters. The van der Waals surface area contributed by atoms with Crippen LogP contribution in [-0.4, -0.2) is 21.0 Å². The highest BCUT2D eigenvalue weighted by Crippen LogP contribution is 2.18. The Kier molecular flexibility index (Phi) is 6.77. The highest BCUT2D eigenvalue weighted by Gasteiger charge is 2.24. The number of halogens is 1. The molecule has 0 aliphatic carbocycles. The predicted octanol–water partition coefficient (Wildman–Crippen LogP) is 2.65. The van der Waals surface area contributed by atoms with Gasteiger partial charge in [0.2, 0.25) is 10.0 Å².